The molecule has 0 bridgehead atoms. The molecular formula is C16H29BO3. The topological polar surface area (TPSA) is 38.7 Å². The van der Waals surface area contributed by atoms with Gasteiger partial charge in [-0.1, -0.05) is 66.7 Å². The molecule has 0 radical (unpaired) electrons. The summed E-state index contributed by atoms with van der Waals surface area (Å²) in [5.41, 5.74) is 0.633. The van der Waals surface area contributed by atoms with Gasteiger partial charge in [0.05, 0.1) is 0 Å². The first-order valence-corrected chi connectivity index (χ1v) is 7.67. The maximum atomic E-state index is 9.65. The third-order valence-corrected chi connectivity index (χ3v) is 2.92. The van der Waals surface area contributed by atoms with E-state index in [2.05, 4.69) is 32.9 Å². The second kappa shape index (κ2) is 9.04. The van der Waals surface area contributed by atoms with Crippen LogP contribution >= 0.6 is 0 Å². The molecule has 4 heteroatoms. The minimum Gasteiger partial charge on any atom is -0.421 e. The van der Waals surface area contributed by atoms with Gasteiger partial charge in [-0.25, -0.2) is 4.81 Å². The number of rotatable bonds is 1. The van der Waals surface area contributed by atoms with Crippen LogP contribution in [0.15, 0.2) is 35.5 Å². The Labute approximate surface area is 124 Å². The maximum Gasteiger partial charge on any atom is 0.541 e. The quantitative estimate of drug-likeness (QED) is 0.438. The predicted octanol–water partition coefficient (Wildman–Crippen LogP) is 4.45. The van der Waals surface area contributed by atoms with E-state index in [-0.39, 0.29) is 5.41 Å². The van der Waals surface area contributed by atoms with Crippen molar-refractivity contribution in [3.8, 4) is 0 Å². The molecule has 0 aromatic rings. The molecule has 3 nitrogen and oxygen atoms in total. The number of fused-ring (bicyclic) bond motifs is 1. The predicted molar refractivity (Wildman–Crippen MR) is 85.7 cm³/mol. The zero-order valence-corrected chi connectivity index (χ0v) is 13.9. The SMILES string of the molecule is CC.CC.CCC1/C=C\C(C)(C)/C=C2/B(O)OO/C2=C/1. The molecule has 0 saturated carbocycles. The summed E-state index contributed by atoms with van der Waals surface area (Å²) in [6.45, 7) is 14.3. The van der Waals surface area contributed by atoms with Crippen LogP contribution in [0, 0.1) is 11.3 Å². The largest absolute Gasteiger partial charge is 0.541 e. The van der Waals surface area contributed by atoms with Gasteiger partial charge in [0.1, 0.15) is 0 Å². The summed E-state index contributed by atoms with van der Waals surface area (Å²) in [4.78, 5) is 9.83. The molecule has 1 fully saturated rings. The van der Waals surface area contributed by atoms with Crippen molar-refractivity contribution in [3.63, 3.8) is 0 Å². The summed E-state index contributed by atoms with van der Waals surface area (Å²) in [6, 6.07) is 0. The summed E-state index contributed by atoms with van der Waals surface area (Å²) in [7, 11) is -0.963. The molecule has 114 valence electrons. The average molecular weight is 280 g/mol. The van der Waals surface area contributed by atoms with E-state index in [1.54, 1.807) is 0 Å². The van der Waals surface area contributed by atoms with Crippen LogP contribution in [0.25, 0.3) is 0 Å². The maximum absolute atomic E-state index is 9.65. The second-order valence-corrected chi connectivity index (χ2v) is 4.92. The van der Waals surface area contributed by atoms with Gasteiger partial charge in [0.25, 0.3) is 0 Å². The number of hydrogen-bond acceptors (Lipinski definition) is 3. The fraction of sp³-hybridized carbons (Fsp3) is 0.625. The van der Waals surface area contributed by atoms with Crippen molar-refractivity contribution in [3.05, 3.63) is 35.5 Å². The Morgan fingerprint density at radius 1 is 1.25 bits per heavy atom. The van der Waals surface area contributed by atoms with E-state index in [9.17, 15) is 5.02 Å². The van der Waals surface area contributed by atoms with Gasteiger partial charge in [0.2, 0.25) is 0 Å². The molecule has 1 saturated heterocycles. The fourth-order valence-corrected chi connectivity index (χ4v) is 1.91. The van der Waals surface area contributed by atoms with E-state index in [1.165, 1.54) is 0 Å². The van der Waals surface area contributed by atoms with Gasteiger partial charge >= 0.3 is 7.12 Å². The molecule has 0 aromatic carbocycles. The Hall–Kier alpha value is -0.995. The summed E-state index contributed by atoms with van der Waals surface area (Å²) >= 11 is 0. The first-order chi connectivity index (χ1) is 9.52. The monoisotopic (exact) mass is 280 g/mol. The van der Waals surface area contributed by atoms with Gasteiger partial charge in [0, 0.05) is 10.9 Å². The zero-order valence-electron chi connectivity index (χ0n) is 13.9. The van der Waals surface area contributed by atoms with E-state index >= 15 is 0 Å². The van der Waals surface area contributed by atoms with Gasteiger partial charge in [-0.15, -0.1) is 0 Å². The molecule has 0 amide bonds. The van der Waals surface area contributed by atoms with Crippen molar-refractivity contribution in [2.24, 2.45) is 11.3 Å². The molecule has 1 heterocycles. The van der Waals surface area contributed by atoms with Crippen LogP contribution in [0.1, 0.15) is 54.9 Å². The summed E-state index contributed by atoms with van der Waals surface area (Å²) in [6.07, 6.45) is 9.32. The third-order valence-electron chi connectivity index (χ3n) is 2.92. The molecular weight excluding hydrogens is 251 g/mol. The van der Waals surface area contributed by atoms with Crippen LogP contribution in [0.3, 0.4) is 0 Å². The van der Waals surface area contributed by atoms with Crippen molar-refractivity contribution in [2.45, 2.75) is 54.9 Å². The highest BCUT2D eigenvalue weighted by atomic mass is 17.2. The highest BCUT2D eigenvalue weighted by Gasteiger charge is 2.36. The first kappa shape index (κ1) is 19.0. The van der Waals surface area contributed by atoms with E-state index in [4.69, 9.17) is 9.69 Å². The third kappa shape index (κ3) is 5.18. The van der Waals surface area contributed by atoms with Gasteiger partial charge < -0.3 is 9.91 Å². The fourth-order valence-electron chi connectivity index (χ4n) is 1.91. The van der Waals surface area contributed by atoms with E-state index < -0.39 is 7.12 Å². The summed E-state index contributed by atoms with van der Waals surface area (Å²) in [5.74, 6) is 0.976. The minimum absolute atomic E-state index is 0.0969. The summed E-state index contributed by atoms with van der Waals surface area (Å²) in [5, 5.41) is 9.65. The lowest BCUT2D eigenvalue weighted by Crippen LogP contribution is -2.17. The van der Waals surface area contributed by atoms with Gasteiger partial charge in [-0.05, 0) is 18.4 Å². The van der Waals surface area contributed by atoms with Crippen molar-refractivity contribution in [1.29, 1.82) is 0 Å². The van der Waals surface area contributed by atoms with E-state index in [0.29, 0.717) is 11.7 Å². The number of hydrogen-bond donors (Lipinski definition) is 1. The lowest BCUT2D eigenvalue weighted by Gasteiger charge is -2.19. The van der Waals surface area contributed by atoms with Crippen molar-refractivity contribution >= 4 is 7.12 Å². The Kier molecular flexibility index (Phi) is 8.59. The smallest absolute Gasteiger partial charge is 0.421 e. The van der Waals surface area contributed by atoms with Crippen LogP contribution in [-0.4, -0.2) is 12.1 Å². The van der Waals surface area contributed by atoms with Crippen LogP contribution in [-0.2, 0) is 9.69 Å². The standard InChI is InChI=1S/C12H17BO3.2C2H6/c1-4-9-5-6-12(2,3)8-10-11(7-9)15-16-13(10)14;2*1-2/h5-9,14H,4H2,1-3H3;2*1-2H3/b6-5-,10-8+,11-7+;;. The van der Waals surface area contributed by atoms with Crippen LogP contribution in [0.4, 0.5) is 0 Å². The van der Waals surface area contributed by atoms with Crippen molar-refractivity contribution in [2.75, 3.05) is 0 Å². The molecule has 1 unspecified atom stereocenters. The normalized spacial score (nSPS) is 29.4. The van der Waals surface area contributed by atoms with Crippen LogP contribution in [0.2, 0.25) is 0 Å². The Morgan fingerprint density at radius 3 is 2.40 bits per heavy atom. The summed E-state index contributed by atoms with van der Waals surface area (Å²) < 4.78 is 0. The Bertz CT molecular complexity index is 370. The Balaban J connectivity index is 0.000000829. The molecule has 1 aliphatic heterocycles. The van der Waals surface area contributed by atoms with Gasteiger partial charge in [0.15, 0.2) is 5.76 Å². The van der Waals surface area contributed by atoms with Crippen LogP contribution < -0.4 is 0 Å². The molecule has 2 aliphatic rings. The average Bonchev–Trinajstić information content (AvgIpc) is 2.78. The molecule has 1 N–H and O–H groups in total. The molecule has 20 heavy (non-hydrogen) atoms. The highest BCUT2D eigenvalue weighted by Crippen LogP contribution is 2.33. The zero-order chi connectivity index (χ0) is 15.8. The lowest BCUT2D eigenvalue weighted by molar-refractivity contribution is -0.161. The minimum atomic E-state index is -0.963. The highest BCUT2D eigenvalue weighted by molar-refractivity contribution is 6.54. The first-order valence-electron chi connectivity index (χ1n) is 7.67. The van der Waals surface area contributed by atoms with Gasteiger partial charge in [-0.3, -0.25) is 0 Å². The lowest BCUT2D eigenvalue weighted by atomic mass is 9.72. The molecule has 0 spiro atoms. The molecule has 0 aromatic heterocycles. The molecule has 1 aliphatic carbocycles. The second-order valence-electron chi connectivity index (χ2n) is 4.92. The number of allylic oxidation sites excluding steroid dienone is 5. The van der Waals surface area contributed by atoms with Crippen LogP contribution in [0.5, 0.6) is 0 Å². The molecule has 2 rings (SSSR count). The van der Waals surface area contributed by atoms with Crippen molar-refractivity contribution in [1.82, 2.24) is 0 Å². The van der Waals surface area contributed by atoms with Gasteiger partial charge in [-0.2, -0.15) is 0 Å². The van der Waals surface area contributed by atoms with Crippen molar-refractivity contribution < 1.29 is 14.7 Å². The van der Waals surface area contributed by atoms with E-state index in [1.807, 2.05) is 39.8 Å². The molecule has 1 atom stereocenters. The Morgan fingerprint density at radius 2 is 1.85 bits per heavy atom. The van der Waals surface area contributed by atoms with E-state index in [0.717, 1.165) is 11.9 Å².